The molecule has 7 heteroatoms. The molecule has 3 nitrogen and oxygen atoms in total. The van der Waals surface area contributed by atoms with Crippen LogP contribution in [-0.4, -0.2) is 21.7 Å². The highest BCUT2D eigenvalue weighted by molar-refractivity contribution is 9.10. The highest BCUT2D eigenvalue weighted by Crippen LogP contribution is 2.50. The molecule has 82 valence electrons. The van der Waals surface area contributed by atoms with Gasteiger partial charge in [0, 0.05) is 12.4 Å². The molecule has 15 heavy (non-hydrogen) atoms. The van der Waals surface area contributed by atoms with Gasteiger partial charge < -0.3 is 5.32 Å². The lowest BCUT2D eigenvalue weighted by Gasteiger charge is -2.20. The van der Waals surface area contributed by atoms with Gasteiger partial charge in [0.05, 0.1) is 4.47 Å². The normalized spacial score (nSPS) is 18.7. The maximum absolute atomic E-state index is 12.5. The fraction of sp³-hybridized carbons (Fsp3) is 0.500. The van der Waals surface area contributed by atoms with Crippen LogP contribution in [0, 0.1) is 0 Å². The summed E-state index contributed by atoms with van der Waals surface area (Å²) in [5.74, 6) is 0.00743. The predicted octanol–water partition coefficient (Wildman–Crippen LogP) is 2.75. The Balaban J connectivity index is 2.13. The second kappa shape index (κ2) is 3.33. The van der Waals surface area contributed by atoms with Crippen LogP contribution in [0.4, 0.5) is 19.1 Å². The van der Waals surface area contributed by atoms with E-state index in [2.05, 4.69) is 31.2 Å². The number of hydrogen-bond donors (Lipinski definition) is 1. The van der Waals surface area contributed by atoms with E-state index < -0.39 is 11.7 Å². The van der Waals surface area contributed by atoms with Crippen LogP contribution in [0.1, 0.15) is 12.8 Å². The molecule has 0 saturated heterocycles. The Morgan fingerprint density at radius 2 is 1.80 bits per heavy atom. The molecular formula is C8H7BrF3N3. The molecule has 1 aromatic rings. The number of alkyl halides is 3. The molecule has 0 aromatic carbocycles. The van der Waals surface area contributed by atoms with Gasteiger partial charge in [-0.05, 0) is 28.8 Å². The number of nitrogens with zero attached hydrogens (tertiary/aromatic N) is 2. The van der Waals surface area contributed by atoms with Gasteiger partial charge in [-0.3, -0.25) is 0 Å². The highest BCUT2D eigenvalue weighted by Gasteiger charge is 2.63. The zero-order valence-electron chi connectivity index (χ0n) is 7.48. The SMILES string of the molecule is FC(F)(F)C1(Nc2ncc(Br)cn2)CC1. The second-order valence-corrected chi connectivity index (χ2v) is 4.35. The molecule has 1 fully saturated rings. The van der Waals surface area contributed by atoms with Crippen LogP contribution in [0.25, 0.3) is 0 Å². The lowest BCUT2D eigenvalue weighted by Crippen LogP contribution is -2.39. The van der Waals surface area contributed by atoms with Gasteiger partial charge in [0.15, 0.2) is 0 Å². The summed E-state index contributed by atoms with van der Waals surface area (Å²) in [6.07, 6.45) is -1.28. The molecule has 0 atom stereocenters. The third kappa shape index (κ3) is 2.06. The Morgan fingerprint density at radius 3 is 2.20 bits per heavy atom. The Kier molecular flexibility index (Phi) is 2.37. The number of anilines is 1. The first-order chi connectivity index (χ1) is 6.93. The van der Waals surface area contributed by atoms with E-state index in [0.717, 1.165) is 0 Å². The van der Waals surface area contributed by atoms with Crippen LogP contribution in [0.15, 0.2) is 16.9 Å². The monoisotopic (exact) mass is 281 g/mol. The summed E-state index contributed by atoms with van der Waals surface area (Å²) < 4.78 is 38.2. The molecule has 1 aliphatic rings. The molecule has 0 bridgehead atoms. The van der Waals surface area contributed by atoms with Gasteiger partial charge in [0.25, 0.3) is 0 Å². The van der Waals surface area contributed by atoms with Gasteiger partial charge in [-0.15, -0.1) is 0 Å². The molecule has 1 saturated carbocycles. The van der Waals surface area contributed by atoms with Gasteiger partial charge in [0.2, 0.25) is 5.95 Å². The molecule has 1 heterocycles. The van der Waals surface area contributed by atoms with Gasteiger partial charge in [0.1, 0.15) is 5.54 Å². The van der Waals surface area contributed by atoms with Crippen molar-refractivity contribution in [1.82, 2.24) is 9.97 Å². The van der Waals surface area contributed by atoms with Gasteiger partial charge >= 0.3 is 6.18 Å². The molecule has 1 aromatic heterocycles. The Bertz CT molecular complexity index is 358. The number of nitrogens with one attached hydrogen (secondary N) is 1. The van der Waals surface area contributed by atoms with Gasteiger partial charge in [-0.25, -0.2) is 9.97 Å². The van der Waals surface area contributed by atoms with E-state index in [1.807, 2.05) is 0 Å². The highest BCUT2D eigenvalue weighted by atomic mass is 79.9. The summed E-state index contributed by atoms with van der Waals surface area (Å²) in [4.78, 5) is 7.50. The van der Waals surface area contributed by atoms with Crippen molar-refractivity contribution in [3.63, 3.8) is 0 Å². The molecule has 0 aliphatic heterocycles. The molecule has 1 N–H and O–H groups in total. The standard InChI is InChI=1S/C8H7BrF3N3/c9-5-3-13-6(14-4-5)15-7(1-2-7)8(10,11)12/h3-4H,1-2H2,(H,13,14,15). The minimum absolute atomic E-state index is 0.00743. The topological polar surface area (TPSA) is 37.8 Å². The summed E-state index contributed by atoms with van der Waals surface area (Å²) in [5.41, 5.74) is -1.80. The van der Waals surface area contributed by atoms with Crippen molar-refractivity contribution in [3.05, 3.63) is 16.9 Å². The zero-order valence-corrected chi connectivity index (χ0v) is 9.06. The second-order valence-electron chi connectivity index (χ2n) is 3.43. The van der Waals surface area contributed by atoms with Crippen LogP contribution in [0.5, 0.6) is 0 Å². The molecule has 2 rings (SSSR count). The minimum atomic E-state index is -4.25. The summed E-state index contributed by atoms with van der Waals surface area (Å²) >= 11 is 3.11. The third-order valence-corrected chi connectivity index (χ3v) is 2.67. The van der Waals surface area contributed by atoms with E-state index in [1.165, 1.54) is 12.4 Å². The van der Waals surface area contributed by atoms with E-state index in [-0.39, 0.29) is 18.8 Å². The first kappa shape index (κ1) is 10.7. The lowest BCUT2D eigenvalue weighted by molar-refractivity contribution is -0.151. The maximum atomic E-state index is 12.5. The van der Waals surface area contributed by atoms with Crippen LogP contribution >= 0.6 is 15.9 Å². The largest absolute Gasteiger partial charge is 0.411 e. The van der Waals surface area contributed by atoms with Crippen LogP contribution < -0.4 is 5.32 Å². The van der Waals surface area contributed by atoms with E-state index in [1.54, 1.807) is 0 Å². The van der Waals surface area contributed by atoms with Crippen molar-refractivity contribution in [3.8, 4) is 0 Å². The molecule has 1 aliphatic carbocycles. The van der Waals surface area contributed by atoms with Crippen molar-refractivity contribution in [2.75, 3.05) is 5.32 Å². The molecule has 0 radical (unpaired) electrons. The molecule has 0 spiro atoms. The van der Waals surface area contributed by atoms with Crippen molar-refractivity contribution in [1.29, 1.82) is 0 Å². The number of hydrogen-bond acceptors (Lipinski definition) is 3. The van der Waals surface area contributed by atoms with Crippen LogP contribution in [0.2, 0.25) is 0 Å². The molecule has 0 unspecified atom stereocenters. The van der Waals surface area contributed by atoms with Gasteiger partial charge in [-0.1, -0.05) is 0 Å². The van der Waals surface area contributed by atoms with Crippen molar-refractivity contribution in [2.45, 2.75) is 24.6 Å². The van der Waals surface area contributed by atoms with Crippen molar-refractivity contribution >= 4 is 21.9 Å². The Morgan fingerprint density at radius 1 is 1.27 bits per heavy atom. The Labute approximate surface area is 92.2 Å². The van der Waals surface area contributed by atoms with E-state index in [9.17, 15) is 13.2 Å². The quantitative estimate of drug-likeness (QED) is 0.906. The first-order valence-electron chi connectivity index (χ1n) is 4.25. The summed E-state index contributed by atoms with van der Waals surface area (Å²) in [6.45, 7) is 0. The number of halogens is 4. The van der Waals surface area contributed by atoms with Crippen molar-refractivity contribution in [2.24, 2.45) is 0 Å². The Hall–Kier alpha value is -0.850. The summed E-state index contributed by atoms with van der Waals surface area (Å²) in [6, 6.07) is 0. The van der Waals surface area contributed by atoms with Crippen LogP contribution in [0.3, 0.4) is 0 Å². The molecule has 0 amide bonds. The fourth-order valence-corrected chi connectivity index (χ4v) is 1.40. The molecular weight excluding hydrogens is 275 g/mol. The average molecular weight is 282 g/mol. The number of rotatable bonds is 2. The van der Waals surface area contributed by atoms with Gasteiger partial charge in [-0.2, -0.15) is 13.2 Å². The van der Waals surface area contributed by atoms with E-state index in [4.69, 9.17) is 0 Å². The van der Waals surface area contributed by atoms with E-state index in [0.29, 0.717) is 4.47 Å². The zero-order chi connectivity index (χ0) is 11.1. The average Bonchev–Trinajstić information content (AvgIpc) is 2.89. The smallest absolute Gasteiger partial charge is 0.340 e. The summed E-state index contributed by atoms with van der Waals surface area (Å²) in [5, 5.41) is 2.33. The summed E-state index contributed by atoms with van der Waals surface area (Å²) in [7, 11) is 0. The van der Waals surface area contributed by atoms with Crippen molar-refractivity contribution < 1.29 is 13.2 Å². The lowest BCUT2D eigenvalue weighted by atomic mass is 10.3. The van der Waals surface area contributed by atoms with Crippen LogP contribution in [-0.2, 0) is 0 Å². The predicted molar refractivity (Wildman–Crippen MR) is 51.4 cm³/mol. The first-order valence-corrected chi connectivity index (χ1v) is 5.05. The minimum Gasteiger partial charge on any atom is -0.340 e. The van der Waals surface area contributed by atoms with E-state index >= 15 is 0 Å². The third-order valence-electron chi connectivity index (χ3n) is 2.26. The number of aromatic nitrogens is 2. The fourth-order valence-electron chi connectivity index (χ4n) is 1.20. The maximum Gasteiger partial charge on any atom is 0.411 e.